The highest BCUT2D eigenvalue weighted by Crippen LogP contribution is 2.25. The van der Waals surface area contributed by atoms with Crippen molar-refractivity contribution in [2.45, 2.75) is 9.72 Å². The number of thioether (sulfide) groups is 1. The smallest absolute Gasteiger partial charge is 0.320 e. The van der Waals surface area contributed by atoms with E-state index in [0.717, 1.165) is 4.90 Å². The molecular formula is C10H9BrClFO2S. The Morgan fingerprint density at radius 2 is 2.38 bits per heavy atom. The molecule has 1 rings (SSSR count). The number of alkyl halides is 1. The van der Waals surface area contributed by atoms with Gasteiger partial charge in [0.2, 0.25) is 0 Å². The lowest BCUT2D eigenvalue weighted by atomic mass is 10.3. The molecule has 0 N–H and O–H groups in total. The van der Waals surface area contributed by atoms with Gasteiger partial charge in [-0.15, -0.1) is 11.8 Å². The molecule has 1 atom stereocenters. The molecule has 0 aliphatic rings. The molecule has 16 heavy (non-hydrogen) atoms. The van der Waals surface area contributed by atoms with Gasteiger partial charge in [0, 0.05) is 10.6 Å². The van der Waals surface area contributed by atoms with Gasteiger partial charge in [0.05, 0.1) is 12.1 Å². The van der Waals surface area contributed by atoms with Gasteiger partial charge in [0.15, 0.2) is 0 Å². The largest absolute Gasteiger partial charge is 0.468 e. The maximum absolute atomic E-state index is 12.9. The van der Waals surface area contributed by atoms with Crippen molar-refractivity contribution in [3.63, 3.8) is 0 Å². The minimum Gasteiger partial charge on any atom is -0.468 e. The lowest BCUT2D eigenvalue weighted by Crippen LogP contribution is -2.17. The van der Waals surface area contributed by atoms with E-state index in [1.54, 1.807) is 6.07 Å². The van der Waals surface area contributed by atoms with Crippen LogP contribution in [-0.2, 0) is 9.53 Å². The second kappa shape index (κ2) is 6.47. The number of methoxy groups -OCH3 is 1. The molecule has 0 saturated carbocycles. The Bertz CT molecular complexity index is 389. The molecule has 0 fully saturated rings. The van der Waals surface area contributed by atoms with Gasteiger partial charge in [-0.2, -0.15) is 0 Å². The SMILES string of the molecule is COC(=O)C(Br)CSc1ccc(F)c(Cl)c1. The van der Waals surface area contributed by atoms with Crippen LogP contribution in [0.2, 0.25) is 5.02 Å². The fourth-order valence-electron chi connectivity index (χ4n) is 0.932. The number of carbonyl (C=O) groups excluding carboxylic acids is 1. The van der Waals surface area contributed by atoms with Crippen LogP contribution in [0.4, 0.5) is 4.39 Å². The van der Waals surface area contributed by atoms with Crippen LogP contribution < -0.4 is 0 Å². The average Bonchev–Trinajstić information content (AvgIpc) is 2.29. The van der Waals surface area contributed by atoms with Gasteiger partial charge in [0.25, 0.3) is 0 Å². The first-order valence-corrected chi connectivity index (χ1v) is 6.62. The number of halogens is 3. The number of carbonyl (C=O) groups is 1. The fraction of sp³-hybridized carbons (Fsp3) is 0.300. The van der Waals surface area contributed by atoms with Gasteiger partial charge >= 0.3 is 5.97 Å². The fourth-order valence-corrected chi connectivity index (χ4v) is 2.60. The molecule has 0 bridgehead atoms. The Morgan fingerprint density at radius 3 is 2.94 bits per heavy atom. The molecule has 1 aromatic carbocycles. The minimum atomic E-state index is -0.450. The summed E-state index contributed by atoms with van der Waals surface area (Å²) in [5.74, 6) is -0.288. The van der Waals surface area contributed by atoms with Crippen LogP contribution in [0.15, 0.2) is 23.1 Å². The Labute approximate surface area is 111 Å². The van der Waals surface area contributed by atoms with E-state index in [1.807, 2.05) is 0 Å². The summed E-state index contributed by atoms with van der Waals surface area (Å²) in [6, 6.07) is 4.44. The summed E-state index contributed by atoms with van der Waals surface area (Å²) < 4.78 is 17.4. The van der Waals surface area contributed by atoms with E-state index in [1.165, 1.54) is 31.0 Å². The van der Waals surface area contributed by atoms with Gasteiger partial charge in [-0.25, -0.2) is 4.39 Å². The molecule has 1 unspecified atom stereocenters. The Kier molecular flexibility index (Phi) is 5.58. The first-order chi connectivity index (χ1) is 7.54. The van der Waals surface area contributed by atoms with Crippen molar-refractivity contribution >= 4 is 45.3 Å². The summed E-state index contributed by atoms with van der Waals surface area (Å²) in [6.07, 6.45) is 0. The summed E-state index contributed by atoms with van der Waals surface area (Å²) in [6.45, 7) is 0. The number of rotatable bonds is 4. The molecule has 0 aliphatic heterocycles. The third-order valence-electron chi connectivity index (χ3n) is 1.74. The monoisotopic (exact) mass is 326 g/mol. The normalized spacial score (nSPS) is 12.2. The zero-order chi connectivity index (χ0) is 12.1. The number of ether oxygens (including phenoxy) is 1. The van der Waals surface area contributed by atoms with Gasteiger partial charge in [0.1, 0.15) is 10.6 Å². The molecule has 0 spiro atoms. The van der Waals surface area contributed by atoms with Crippen LogP contribution >= 0.6 is 39.3 Å². The highest BCUT2D eigenvalue weighted by Gasteiger charge is 2.15. The number of esters is 1. The molecule has 1 aromatic rings. The molecule has 0 amide bonds. The van der Waals surface area contributed by atoms with E-state index in [-0.39, 0.29) is 15.8 Å². The van der Waals surface area contributed by atoms with Crippen molar-refractivity contribution in [3.8, 4) is 0 Å². The van der Waals surface area contributed by atoms with Gasteiger partial charge in [-0.05, 0) is 18.2 Å². The molecular weight excluding hydrogens is 319 g/mol. The summed E-state index contributed by atoms with van der Waals surface area (Å²) in [7, 11) is 1.33. The quantitative estimate of drug-likeness (QED) is 0.481. The summed E-state index contributed by atoms with van der Waals surface area (Å²) >= 11 is 10.2. The number of hydrogen-bond donors (Lipinski definition) is 0. The van der Waals surface area contributed by atoms with Crippen LogP contribution in [0, 0.1) is 5.82 Å². The summed E-state index contributed by atoms with van der Waals surface area (Å²) in [5, 5.41) is 0.0780. The number of benzene rings is 1. The molecule has 0 radical (unpaired) electrons. The van der Waals surface area contributed by atoms with Crippen LogP contribution in [0.3, 0.4) is 0 Å². The van der Waals surface area contributed by atoms with Crippen molar-refractivity contribution in [1.82, 2.24) is 0 Å². The molecule has 88 valence electrons. The van der Waals surface area contributed by atoms with Gasteiger partial charge in [-0.1, -0.05) is 27.5 Å². The van der Waals surface area contributed by atoms with Gasteiger partial charge < -0.3 is 4.74 Å². The predicted molar refractivity (Wildman–Crippen MR) is 66.9 cm³/mol. The Hall–Kier alpha value is -0.260. The van der Waals surface area contributed by atoms with E-state index < -0.39 is 5.82 Å². The van der Waals surface area contributed by atoms with Crippen LogP contribution in [0.1, 0.15) is 0 Å². The highest BCUT2D eigenvalue weighted by molar-refractivity contribution is 9.10. The standard InChI is InChI=1S/C10H9BrClFO2S/c1-15-10(14)7(11)5-16-6-2-3-9(13)8(12)4-6/h2-4,7H,5H2,1H3. The van der Waals surface area contributed by atoms with E-state index >= 15 is 0 Å². The minimum absolute atomic E-state index is 0.0780. The predicted octanol–water partition coefficient (Wildman–Crippen LogP) is 3.51. The van der Waals surface area contributed by atoms with E-state index in [2.05, 4.69) is 20.7 Å². The Balaban J connectivity index is 2.55. The number of hydrogen-bond acceptors (Lipinski definition) is 3. The van der Waals surface area contributed by atoms with Crippen molar-refractivity contribution in [2.24, 2.45) is 0 Å². The maximum atomic E-state index is 12.9. The van der Waals surface area contributed by atoms with Gasteiger partial charge in [-0.3, -0.25) is 4.79 Å². The molecule has 0 heterocycles. The topological polar surface area (TPSA) is 26.3 Å². The van der Waals surface area contributed by atoms with E-state index in [9.17, 15) is 9.18 Å². The lowest BCUT2D eigenvalue weighted by Gasteiger charge is -2.07. The third kappa shape index (κ3) is 3.96. The molecule has 6 heteroatoms. The van der Waals surface area contributed by atoms with Crippen LogP contribution in [-0.4, -0.2) is 23.7 Å². The third-order valence-corrected chi connectivity index (χ3v) is 4.25. The molecule has 0 aromatic heterocycles. The lowest BCUT2D eigenvalue weighted by molar-refractivity contribution is -0.139. The van der Waals surface area contributed by atoms with E-state index in [0.29, 0.717) is 5.75 Å². The first kappa shape index (κ1) is 13.8. The zero-order valence-electron chi connectivity index (χ0n) is 8.38. The average molecular weight is 328 g/mol. The van der Waals surface area contributed by atoms with Crippen molar-refractivity contribution in [1.29, 1.82) is 0 Å². The van der Waals surface area contributed by atoms with Crippen LogP contribution in [0.25, 0.3) is 0 Å². The maximum Gasteiger partial charge on any atom is 0.320 e. The molecule has 0 saturated heterocycles. The van der Waals surface area contributed by atoms with Crippen molar-refractivity contribution < 1.29 is 13.9 Å². The van der Waals surface area contributed by atoms with Crippen LogP contribution in [0.5, 0.6) is 0 Å². The van der Waals surface area contributed by atoms with E-state index in [4.69, 9.17) is 11.6 Å². The van der Waals surface area contributed by atoms with Crippen molar-refractivity contribution in [2.75, 3.05) is 12.9 Å². The summed E-state index contributed by atoms with van der Waals surface area (Å²) in [5.41, 5.74) is 0. The summed E-state index contributed by atoms with van der Waals surface area (Å²) in [4.78, 5) is 11.5. The first-order valence-electron chi connectivity index (χ1n) is 4.34. The second-order valence-corrected chi connectivity index (χ2v) is 5.48. The highest BCUT2D eigenvalue weighted by atomic mass is 79.9. The zero-order valence-corrected chi connectivity index (χ0v) is 11.5. The Morgan fingerprint density at radius 1 is 1.69 bits per heavy atom. The van der Waals surface area contributed by atoms with Crippen molar-refractivity contribution in [3.05, 3.63) is 29.0 Å². The molecule has 2 nitrogen and oxygen atoms in total. The molecule has 0 aliphatic carbocycles. The second-order valence-electron chi connectivity index (χ2n) is 2.88.